The van der Waals surface area contributed by atoms with E-state index in [9.17, 15) is 14.9 Å². The molecule has 0 aliphatic heterocycles. The van der Waals surface area contributed by atoms with Crippen LogP contribution in [0.3, 0.4) is 0 Å². The van der Waals surface area contributed by atoms with E-state index in [-0.39, 0.29) is 5.69 Å². The van der Waals surface area contributed by atoms with Crippen molar-refractivity contribution in [3.05, 3.63) is 63.7 Å². The zero-order chi connectivity index (χ0) is 18.4. The van der Waals surface area contributed by atoms with Crippen LogP contribution in [0.15, 0.2) is 42.5 Å². The minimum absolute atomic E-state index is 0.0818. The monoisotopic (exact) mass is 342 g/mol. The normalized spacial score (nSPS) is 10.5. The number of aryl methyl sites for hydroxylation is 1. The first-order valence-corrected chi connectivity index (χ1v) is 7.40. The third kappa shape index (κ3) is 4.57. The number of amides is 1. The highest BCUT2D eigenvalue weighted by molar-refractivity contribution is 6.02. The maximum Gasteiger partial charge on any atom is 0.271 e. The molecule has 130 valence electrons. The van der Waals surface area contributed by atoms with Gasteiger partial charge in [0.05, 0.1) is 24.8 Å². The Morgan fingerprint density at radius 2 is 1.92 bits per heavy atom. The maximum absolute atomic E-state index is 12.1. The van der Waals surface area contributed by atoms with Gasteiger partial charge in [-0.05, 0) is 30.7 Å². The molecule has 0 saturated carbocycles. The molecule has 2 aromatic rings. The molecule has 0 aromatic heterocycles. The molecule has 0 heterocycles. The summed E-state index contributed by atoms with van der Waals surface area (Å²) in [6.45, 7) is 1.76. The van der Waals surface area contributed by atoms with Crippen LogP contribution in [0, 0.1) is 17.0 Å². The van der Waals surface area contributed by atoms with Crippen LogP contribution in [0.4, 0.5) is 11.4 Å². The number of nitro groups is 1. The highest BCUT2D eigenvalue weighted by Crippen LogP contribution is 2.26. The predicted molar refractivity (Wildman–Crippen MR) is 95.0 cm³/mol. The van der Waals surface area contributed by atoms with Crippen molar-refractivity contribution in [2.75, 3.05) is 19.5 Å². The van der Waals surface area contributed by atoms with Crippen molar-refractivity contribution >= 4 is 23.4 Å². The minimum Gasteiger partial charge on any atom is -0.497 e. The van der Waals surface area contributed by atoms with Gasteiger partial charge in [0, 0.05) is 29.8 Å². The van der Waals surface area contributed by atoms with Crippen molar-refractivity contribution in [1.29, 1.82) is 0 Å². The molecule has 0 aliphatic rings. The second-order valence-electron chi connectivity index (χ2n) is 5.19. The Hall–Kier alpha value is -3.35. The van der Waals surface area contributed by atoms with Crippen molar-refractivity contribution < 1.29 is 19.2 Å². The van der Waals surface area contributed by atoms with E-state index in [1.165, 1.54) is 25.3 Å². The van der Waals surface area contributed by atoms with E-state index >= 15 is 0 Å². The van der Waals surface area contributed by atoms with Crippen molar-refractivity contribution in [2.24, 2.45) is 0 Å². The molecule has 0 aliphatic carbocycles. The van der Waals surface area contributed by atoms with E-state index in [0.29, 0.717) is 22.7 Å². The van der Waals surface area contributed by atoms with E-state index in [1.54, 1.807) is 44.4 Å². The largest absolute Gasteiger partial charge is 0.497 e. The third-order valence-corrected chi connectivity index (χ3v) is 3.54. The van der Waals surface area contributed by atoms with Gasteiger partial charge in [-0.1, -0.05) is 6.07 Å². The molecule has 1 amide bonds. The topological polar surface area (TPSA) is 90.7 Å². The number of nitrogens with zero attached hydrogens (tertiary/aromatic N) is 1. The molecule has 0 radical (unpaired) electrons. The van der Waals surface area contributed by atoms with Gasteiger partial charge in [-0.15, -0.1) is 0 Å². The standard InChI is InChI=1S/C18H18N2O5/c1-12-4-7-14(20(22)23)10-16(12)19-18(21)9-6-13-5-8-15(24-2)11-17(13)25-3/h4-11H,1-3H3,(H,19,21)/b9-6+. The number of hydrogen-bond donors (Lipinski definition) is 1. The molecule has 0 atom stereocenters. The molecule has 2 rings (SSSR count). The zero-order valence-corrected chi connectivity index (χ0v) is 14.1. The van der Waals surface area contributed by atoms with E-state index in [1.807, 2.05) is 0 Å². The SMILES string of the molecule is COc1ccc(/C=C/C(=O)Nc2cc([N+](=O)[O-])ccc2C)c(OC)c1. The summed E-state index contributed by atoms with van der Waals surface area (Å²) in [5.74, 6) is 0.807. The quantitative estimate of drug-likeness (QED) is 0.492. The van der Waals surface area contributed by atoms with Crippen molar-refractivity contribution in [3.63, 3.8) is 0 Å². The number of ether oxygens (including phenoxy) is 2. The maximum atomic E-state index is 12.1. The minimum atomic E-state index is -0.507. The summed E-state index contributed by atoms with van der Waals surface area (Å²) in [4.78, 5) is 22.4. The van der Waals surface area contributed by atoms with E-state index in [2.05, 4.69) is 5.32 Å². The number of methoxy groups -OCH3 is 2. The van der Waals surface area contributed by atoms with Gasteiger partial charge in [0.2, 0.25) is 5.91 Å². The fraction of sp³-hybridized carbons (Fsp3) is 0.167. The lowest BCUT2D eigenvalue weighted by Gasteiger charge is -2.08. The molecule has 0 saturated heterocycles. The predicted octanol–water partition coefficient (Wildman–Crippen LogP) is 3.57. The second kappa shape index (κ2) is 7.96. The first kappa shape index (κ1) is 18.0. The number of non-ortho nitro benzene ring substituents is 1. The average Bonchev–Trinajstić information content (AvgIpc) is 2.61. The van der Waals surface area contributed by atoms with E-state index in [4.69, 9.17) is 9.47 Å². The summed E-state index contributed by atoms with van der Waals surface area (Å²) >= 11 is 0. The highest BCUT2D eigenvalue weighted by atomic mass is 16.6. The lowest BCUT2D eigenvalue weighted by Crippen LogP contribution is -2.09. The summed E-state index contributed by atoms with van der Waals surface area (Å²) in [5, 5.41) is 13.5. The molecule has 25 heavy (non-hydrogen) atoms. The van der Waals surface area contributed by atoms with Crippen LogP contribution in [0.1, 0.15) is 11.1 Å². The molecule has 0 unspecified atom stereocenters. The van der Waals surface area contributed by atoms with E-state index in [0.717, 1.165) is 5.56 Å². The Morgan fingerprint density at radius 1 is 1.16 bits per heavy atom. The van der Waals surface area contributed by atoms with Crippen LogP contribution in [0.2, 0.25) is 0 Å². The molecular formula is C18H18N2O5. The Kier molecular flexibility index (Phi) is 5.73. The number of carbonyl (C=O) groups is 1. The molecular weight excluding hydrogens is 324 g/mol. The summed E-state index contributed by atoms with van der Waals surface area (Å²) < 4.78 is 10.4. The number of rotatable bonds is 6. The van der Waals surface area contributed by atoms with Crippen LogP contribution < -0.4 is 14.8 Å². The number of hydrogen-bond acceptors (Lipinski definition) is 5. The number of anilines is 1. The lowest BCUT2D eigenvalue weighted by atomic mass is 10.1. The molecule has 7 nitrogen and oxygen atoms in total. The van der Waals surface area contributed by atoms with Gasteiger partial charge >= 0.3 is 0 Å². The summed E-state index contributed by atoms with van der Waals surface area (Å²) in [6, 6.07) is 9.54. The van der Waals surface area contributed by atoms with Gasteiger partial charge in [0.1, 0.15) is 11.5 Å². The first-order valence-electron chi connectivity index (χ1n) is 7.40. The van der Waals surface area contributed by atoms with Gasteiger partial charge in [0.15, 0.2) is 0 Å². The van der Waals surface area contributed by atoms with Gasteiger partial charge in [0.25, 0.3) is 5.69 Å². The Labute approximate surface area is 145 Å². The lowest BCUT2D eigenvalue weighted by molar-refractivity contribution is -0.384. The molecule has 0 fully saturated rings. The second-order valence-corrected chi connectivity index (χ2v) is 5.19. The molecule has 0 bridgehead atoms. The number of nitrogens with one attached hydrogen (secondary N) is 1. The van der Waals surface area contributed by atoms with Crippen LogP contribution in [0.25, 0.3) is 6.08 Å². The van der Waals surface area contributed by atoms with Gasteiger partial charge < -0.3 is 14.8 Å². The summed E-state index contributed by atoms with van der Waals surface area (Å²) in [5.41, 5.74) is 1.75. The molecule has 7 heteroatoms. The van der Waals surface area contributed by atoms with Gasteiger partial charge in [-0.2, -0.15) is 0 Å². The average molecular weight is 342 g/mol. The molecule has 1 N–H and O–H groups in total. The number of benzene rings is 2. The molecule has 0 spiro atoms. The fourth-order valence-electron chi connectivity index (χ4n) is 2.15. The van der Waals surface area contributed by atoms with Crippen molar-refractivity contribution in [3.8, 4) is 11.5 Å². The van der Waals surface area contributed by atoms with Crippen LogP contribution in [0.5, 0.6) is 11.5 Å². The van der Waals surface area contributed by atoms with Crippen molar-refractivity contribution in [2.45, 2.75) is 6.92 Å². The first-order chi connectivity index (χ1) is 11.9. The zero-order valence-electron chi connectivity index (χ0n) is 14.1. The number of nitro benzene ring substituents is 1. The Bertz CT molecular complexity index is 830. The van der Waals surface area contributed by atoms with E-state index < -0.39 is 10.8 Å². The van der Waals surface area contributed by atoms with Crippen molar-refractivity contribution in [1.82, 2.24) is 0 Å². The number of carbonyl (C=O) groups excluding carboxylic acids is 1. The Balaban J connectivity index is 2.16. The molecule has 2 aromatic carbocycles. The van der Waals surface area contributed by atoms with Gasteiger partial charge in [-0.3, -0.25) is 14.9 Å². The van der Waals surface area contributed by atoms with Gasteiger partial charge in [-0.25, -0.2) is 0 Å². The summed E-state index contributed by atoms with van der Waals surface area (Å²) in [7, 11) is 3.08. The van der Waals surface area contributed by atoms with Crippen LogP contribution >= 0.6 is 0 Å². The van der Waals surface area contributed by atoms with Crippen LogP contribution in [-0.2, 0) is 4.79 Å². The highest BCUT2D eigenvalue weighted by Gasteiger charge is 2.10. The van der Waals surface area contributed by atoms with Crippen LogP contribution in [-0.4, -0.2) is 25.1 Å². The smallest absolute Gasteiger partial charge is 0.271 e. The fourth-order valence-corrected chi connectivity index (χ4v) is 2.15. The Morgan fingerprint density at radius 3 is 2.56 bits per heavy atom. The summed E-state index contributed by atoms with van der Waals surface area (Å²) in [6.07, 6.45) is 2.93. The third-order valence-electron chi connectivity index (χ3n) is 3.54.